The average Bonchev–Trinajstić information content (AvgIpc) is 2.78. The second kappa shape index (κ2) is 22.9. The monoisotopic (exact) mass is 469 g/mol. The van der Waals surface area contributed by atoms with Crippen LogP contribution < -0.4 is 5.73 Å². The molecule has 0 aliphatic rings. The minimum atomic E-state index is -0.355. The zero-order valence-corrected chi connectivity index (χ0v) is 24.6. The summed E-state index contributed by atoms with van der Waals surface area (Å²) in [6, 6.07) is 1.78. The smallest absolute Gasteiger partial charge is 0.162 e. The molecule has 0 saturated heterocycles. The minimum absolute atomic E-state index is 0.104. The Morgan fingerprint density at radius 2 is 1.12 bits per heavy atom. The van der Waals surface area contributed by atoms with Crippen LogP contribution in [0.2, 0.25) is 6.04 Å². The molecule has 2 nitrogen and oxygen atoms in total. The van der Waals surface area contributed by atoms with Crippen molar-refractivity contribution in [3.05, 3.63) is 0 Å². The molecule has 0 aliphatic heterocycles. The second-order valence-corrected chi connectivity index (χ2v) is 12.5. The first kappa shape index (κ1) is 32.1. The van der Waals surface area contributed by atoms with Gasteiger partial charge in [0.2, 0.25) is 0 Å². The van der Waals surface area contributed by atoms with Crippen molar-refractivity contribution in [2.45, 2.75) is 181 Å². The highest BCUT2D eigenvalue weighted by atomic mass is 28.2. The first-order valence-electron chi connectivity index (χ1n) is 14.8. The van der Waals surface area contributed by atoms with Gasteiger partial charge in [-0.05, 0) is 51.5 Å². The van der Waals surface area contributed by atoms with E-state index in [0.29, 0.717) is 6.04 Å². The molecule has 0 bridgehead atoms. The fourth-order valence-electron chi connectivity index (χ4n) is 4.59. The lowest BCUT2D eigenvalue weighted by Crippen LogP contribution is -2.25. The summed E-state index contributed by atoms with van der Waals surface area (Å²) in [7, 11) is -0.355. The van der Waals surface area contributed by atoms with Gasteiger partial charge in [-0.2, -0.15) is 0 Å². The molecular formula is C29H63NOSi. The van der Waals surface area contributed by atoms with Crippen molar-refractivity contribution in [1.82, 2.24) is 0 Å². The highest BCUT2D eigenvalue weighted by Crippen LogP contribution is 2.24. The lowest BCUT2D eigenvalue weighted by Gasteiger charge is -2.24. The van der Waals surface area contributed by atoms with Gasteiger partial charge in [0.05, 0.1) is 0 Å². The van der Waals surface area contributed by atoms with Crippen molar-refractivity contribution in [3.63, 3.8) is 0 Å². The van der Waals surface area contributed by atoms with Gasteiger partial charge in [0, 0.05) is 11.6 Å². The molecule has 2 unspecified atom stereocenters. The van der Waals surface area contributed by atoms with Gasteiger partial charge in [-0.3, -0.25) is 0 Å². The quantitative estimate of drug-likeness (QED) is 0.107. The summed E-state index contributed by atoms with van der Waals surface area (Å²) in [5, 5.41) is 0. The molecular weight excluding hydrogens is 406 g/mol. The SMILES string of the molecule is CCCCCCCCCCC(N)CCC(CCCCCCC)CCC[SiH2]OC(C)(C)CC. The van der Waals surface area contributed by atoms with Crippen molar-refractivity contribution in [1.29, 1.82) is 0 Å². The van der Waals surface area contributed by atoms with Crippen molar-refractivity contribution < 1.29 is 4.43 Å². The van der Waals surface area contributed by atoms with Crippen molar-refractivity contribution in [2.75, 3.05) is 0 Å². The summed E-state index contributed by atoms with van der Waals surface area (Å²) in [4.78, 5) is 0. The molecule has 0 heterocycles. The van der Waals surface area contributed by atoms with Gasteiger partial charge < -0.3 is 10.2 Å². The average molecular weight is 470 g/mol. The van der Waals surface area contributed by atoms with Gasteiger partial charge in [0.15, 0.2) is 9.76 Å². The number of hydrogen-bond acceptors (Lipinski definition) is 2. The van der Waals surface area contributed by atoms with E-state index in [-0.39, 0.29) is 15.4 Å². The highest BCUT2D eigenvalue weighted by Gasteiger charge is 2.15. The number of rotatable bonds is 25. The van der Waals surface area contributed by atoms with Gasteiger partial charge in [-0.1, -0.05) is 124 Å². The molecule has 3 heteroatoms. The van der Waals surface area contributed by atoms with Gasteiger partial charge in [-0.15, -0.1) is 0 Å². The van der Waals surface area contributed by atoms with Crippen LogP contribution in [0.4, 0.5) is 0 Å². The van der Waals surface area contributed by atoms with Gasteiger partial charge in [-0.25, -0.2) is 0 Å². The largest absolute Gasteiger partial charge is 0.419 e. The molecule has 0 spiro atoms. The topological polar surface area (TPSA) is 35.2 Å². The van der Waals surface area contributed by atoms with Crippen molar-refractivity contribution in [3.8, 4) is 0 Å². The highest BCUT2D eigenvalue weighted by molar-refractivity contribution is 6.27. The normalized spacial score (nSPS) is 14.4. The van der Waals surface area contributed by atoms with Crippen LogP contribution in [-0.4, -0.2) is 21.4 Å². The van der Waals surface area contributed by atoms with E-state index in [1.807, 2.05) is 0 Å². The minimum Gasteiger partial charge on any atom is -0.419 e. The Labute approximate surface area is 206 Å². The molecule has 0 aromatic carbocycles. The van der Waals surface area contributed by atoms with E-state index in [0.717, 1.165) is 12.3 Å². The maximum Gasteiger partial charge on any atom is 0.162 e. The second-order valence-electron chi connectivity index (χ2n) is 11.1. The van der Waals surface area contributed by atoms with Crippen LogP contribution in [0.1, 0.15) is 163 Å². The molecule has 0 radical (unpaired) electrons. The summed E-state index contributed by atoms with van der Waals surface area (Å²) in [6.07, 6.45) is 27.4. The Morgan fingerprint density at radius 3 is 1.69 bits per heavy atom. The van der Waals surface area contributed by atoms with Gasteiger partial charge in [0.25, 0.3) is 0 Å². The lowest BCUT2D eigenvalue weighted by atomic mass is 9.89. The van der Waals surface area contributed by atoms with E-state index in [9.17, 15) is 0 Å². The molecule has 0 rings (SSSR count). The van der Waals surface area contributed by atoms with Gasteiger partial charge in [0.1, 0.15) is 0 Å². The van der Waals surface area contributed by atoms with Crippen LogP contribution in [0, 0.1) is 5.92 Å². The Morgan fingerprint density at radius 1 is 0.625 bits per heavy atom. The molecule has 194 valence electrons. The lowest BCUT2D eigenvalue weighted by molar-refractivity contribution is 0.111. The maximum absolute atomic E-state index is 6.52. The van der Waals surface area contributed by atoms with E-state index in [1.165, 1.54) is 128 Å². The number of hydrogen-bond donors (Lipinski definition) is 1. The summed E-state index contributed by atoms with van der Waals surface area (Å²) >= 11 is 0. The molecule has 32 heavy (non-hydrogen) atoms. The standard InChI is InChI=1S/C29H63NOSi/c1-6-9-11-13-14-15-17-19-23-28(30)25-24-27(21-18-16-12-10-7-2)22-20-26-32-31-29(4,5)8-3/h27-28H,6-26,30,32H2,1-5H3. The molecule has 0 fully saturated rings. The summed E-state index contributed by atoms with van der Waals surface area (Å²) in [5.41, 5.74) is 6.63. The molecule has 0 aliphatic carbocycles. The predicted octanol–water partition coefficient (Wildman–Crippen LogP) is 9.09. The predicted molar refractivity (Wildman–Crippen MR) is 149 cm³/mol. The van der Waals surface area contributed by atoms with Gasteiger partial charge >= 0.3 is 0 Å². The maximum atomic E-state index is 6.52. The van der Waals surface area contributed by atoms with Crippen LogP contribution in [0.5, 0.6) is 0 Å². The molecule has 0 amide bonds. The van der Waals surface area contributed by atoms with Crippen LogP contribution in [0.3, 0.4) is 0 Å². The summed E-state index contributed by atoms with van der Waals surface area (Å²) in [6.45, 7) is 11.3. The zero-order valence-electron chi connectivity index (χ0n) is 23.2. The third kappa shape index (κ3) is 22.0. The third-order valence-electron chi connectivity index (χ3n) is 7.44. The van der Waals surface area contributed by atoms with Crippen LogP contribution in [-0.2, 0) is 4.43 Å². The third-order valence-corrected chi connectivity index (χ3v) is 9.22. The van der Waals surface area contributed by atoms with E-state index < -0.39 is 0 Å². The van der Waals surface area contributed by atoms with Crippen molar-refractivity contribution >= 4 is 9.76 Å². The zero-order chi connectivity index (χ0) is 23.9. The fraction of sp³-hybridized carbons (Fsp3) is 1.00. The van der Waals surface area contributed by atoms with Crippen molar-refractivity contribution in [2.24, 2.45) is 11.7 Å². The van der Waals surface area contributed by atoms with Crippen LogP contribution in [0.15, 0.2) is 0 Å². The molecule has 0 aromatic heterocycles. The molecule has 2 N–H and O–H groups in total. The Bertz CT molecular complexity index is 374. The first-order chi connectivity index (χ1) is 15.4. The van der Waals surface area contributed by atoms with E-state index in [4.69, 9.17) is 10.2 Å². The number of nitrogens with two attached hydrogens (primary N) is 1. The van der Waals surface area contributed by atoms with Crippen LogP contribution in [0.25, 0.3) is 0 Å². The van der Waals surface area contributed by atoms with E-state index in [2.05, 4.69) is 34.6 Å². The molecule has 2 atom stereocenters. The Balaban J connectivity index is 4.02. The van der Waals surface area contributed by atoms with E-state index >= 15 is 0 Å². The summed E-state index contributed by atoms with van der Waals surface area (Å²) in [5.74, 6) is 0.898. The van der Waals surface area contributed by atoms with Crippen LogP contribution >= 0.6 is 0 Å². The molecule has 0 aromatic rings. The fourth-order valence-corrected chi connectivity index (χ4v) is 5.98. The summed E-state index contributed by atoms with van der Waals surface area (Å²) < 4.78 is 6.19. The first-order valence-corrected chi connectivity index (χ1v) is 16.4. The number of unbranched alkanes of at least 4 members (excludes halogenated alkanes) is 11. The van der Waals surface area contributed by atoms with E-state index in [1.54, 1.807) is 0 Å². The Kier molecular flexibility index (Phi) is 23.0. The molecule has 0 saturated carbocycles. The Hall–Kier alpha value is 0.137.